The molecule has 0 aliphatic heterocycles. The molecule has 7 nitrogen and oxygen atoms in total. The highest BCUT2D eigenvalue weighted by Crippen LogP contribution is 2.26. The summed E-state index contributed by atoms with van der Waals surface area (Å²) in [4.78, 5) is 25.6. The van der Waals surface area contributed by atoms with Crippen molar-refractivity contribution in [3.63, 3.8) is 0 Å². The van der Waals surface area contributed by atoms with E-state index in [0.717, 1.165) is 16.5 Å². The number of nitrogens with zero attached hydrogens (tertiary/aromatic N) is 1. The summed E-state index contributed by atoms with van der Waals surface area (Å²) >= 11 is 0. The summed E-state index contributed by atoms with van der Waals surface area (Å²) in [5.74, 6) is 0.0846. The maximum atomic E-state index is 8.88. The van der Waals surface area contributed by atoms with Crippen molar-refractivity contribution in [3.05, 3.63) is 42.5 Å². The molecule has 0 saturated heterocycles. The number of nitrogens with two attached hydrogens (primary N) is 2. The Hall–Kier alpha value is -1.92. The summed E-state index contributed by atoms with van der Waals surface area (Å²) in [6.07, 6.45) is 0. The Morgan fingerprint density at radius 1 is 1.00 bits per heavy atom. The first-order chi connectivity index (χ1) is 8.77. The molecule has 8 heteroatoms. The third-order valence-corrected chi connectivity index (χ3v) is 2.02. The summed E-state index contributed by atoms with van der Waals surface area (Å²) in [5, 5.41) is 2.19. The smallest absolute Gasteiger partial charge is 0.370 e. The molecular weight excluding hydrogens is 269 g/mol. The molecule has 0 spiro atoms. The fourth-order valence-electron chi connectivity index (χ4n) is 1.44. The van der Waals surface area contributed by atoms with Gasteiger partial charge in [0.25, 0.3) is 0 Å². The molecule has 19 heavy (non-hydrogen) atoms. The largest absolute Gasteiger partial charge is 0.466 e. The van der Waals surface area contributed by atoms with Gasteiger partial charge in [-0.05, 0) is 11.5 Å². The van der Waals surface area contributed by atoms with Crippen molar-refractivity contribution in [2.45, 2.75) is 0 Å². The van der Waals surface area contributed by atoms with Crippen LogP contribution in [0.4, 0.5) is 5.69 Å². The summed E-state index contributed by atoms with van der Waals surface area (Å²) in [6.45, 7) is 0. The van der Waals surface area contributed by atoms with Crippen LogP contribution in [0.15, 0.2) is 47.5 Å². The number of rotatable bonds is 1. The number of aliphatic imine (C=N–C) groups is 1. The van der Waals surface area contributed by atoms with Gasteiger partial charge in [-0.2, -0.15) is 0 Å². The molecule has 0 aliphatic rings. The minimum atomic E-state index is -4.64. The number of benzene rings is 2. The van der Waals surface area contributed by atoms with Crippen molar-refractivity contribution >= 4 is 30.2 Å². The van der Waals surface area contributed by atoms with Crippen molar-refractivity contribution in [3.8, 4) is 0 Å². The van der Waals surface area contributed by atoms with Crippen molar-refractivity contribution in [2.24, 2.45) is 16.5 Å². The van der Waals surface area contributed by atoms with Gasteiger partial charge in [0.15, 0.2) is 5.96 Å². The molecule has 0 aliphatic carbocycles. The van der Waals surface area contributed by atoms with Gasteiger partial charge in [0.2, 0.25) is 0 Å². The molecule has 2 rings (SSSR count). The molecule has 2 aromatic rings. The van der Waals surface area contributed by atoms with E-state index in [0.29, 0.717) is 0 Å². The molecule has 0 heterocycles. The van der Waals surface area contributed by atoms with Crippen LogP contribution in [0.1, 0.15) is 0 Å². The standard InChI is InChI=1S/C11H11N3.H3O4P/c12-11(13)14-10-7-3-5-8-4-1-2-6-9(8)10;1-5(2,3)4/h1-7H,(H4,12,13,14);(H3,1,2,3,4). The van der Waals surface area contributed by atoms with Crippen LogP contribution < -0.4 is 11.5 Å². The highest BCUT2D eigenvalue weighted by Gasteiger charge is 2.00. The van der Waals surface area contributed by atoms with Crippen LogP contribution >= 0.6 is 7.82 Å². The molecule has 2 aromatic carbocycles. The van der Waals surface area contributed by atoms with Crippen LogP contribution in [0.25, 0.3) is 10.8 Å². The normalized spacial score (nSPS) is 10.5. The van der Waals surface area contributed by atoms with Gasteiger partial charge < -0.3 is 26.1 Å². The van der Waals surface area contributed by atoms with Crippen LogP contribution in [-0.4, -0.2) is 20.6 Å². The van der Waals surface area contributed by atoms with Gasteiger partial charge in [-0.25, -0.2) is 9.56 Å². The Balaban J connectivity index is 0.000000312. The SMILES string of the molecule is NC(N)=Nc1cccc2ccccc12.O=P(O)(O)O. The van der Waals surface area contributed by atoms with Crippen LogP contribution in [0.3, 0.4) is 0 Å². The fraction of sp³-hybridized carbons (Fsp3) is 0. The molecule has 102 valence electrons. The van der Waals surface area contributed by atoms with Crippen LogP contribution in [0.5, 0.6) is 0 Å². The van der Waals surface area contributed by atoms with Gasteiger partial charge in [-0.3, -0.25) is 0 Å². The van der Waals surface area contributed by atoms with E-state index in [9.17, 15) is 0 Å². The first kappa shape index (κ1) is 15.1. The zero-order valence-electron chi connectivity index (χ0n) is 9.84. The first-order valence-electron chi connectivity index (χ1n) is 5.13. The third-order valence-electron chi connectivity index (χ3n) is 2.02. The van der Waals surface area contributed by atoms with Gasteiger partial charge in [-0.15, -0.1) is 0 Å². The molecule has 0 atom stereocenters. The highest BCUT2D eigenvalue weighted by molar-refractivity contribution is 7.45. The molecule has 0 radical (unpaired) electrons. The molecule has 0 unspecified atom stereocenters. The van der Waals surface area contributed by atoms with Crippen LogP contribution in [-0.2, 0) is 4.57 Å². The Labute approximate surface area is 109 Å². The first-order valence-corrected chi connectivity index (χ1v) is 6.69. The number of fused-ring (bicyclic) bond motifs is 1. The van der Waals surface area contributed by atoms with E-state index in [1.54, 1.807) is 0 Å². The predicted molar refractivity (Wildman–Crippen MR) is 73.7 cm³/mol. The van der Waals surface area contributed by atoms with Crippen LogP contribution in [0.2, 0.25) is 0 Å². The minimum absolute atomic E-state index is 0.0846. The molecular formula is C11H14N3O4P. The average molecular weight is 283 g/mol. The van der Waals surface area contributed by atoms with E-state index in [2.05, 4.69) is 4.99 Å². The molecule has 0 bridgehead atoms. The zero-order valence-corrected chi connectivity index (χ0v) is 10.7. The lowest BCUT2D eigenvalue weighted by Crippen LogP contribution is -2.21. The quantitative estimate of drug-likeness (QED) is 0.298. The second-order valence-corrected chi connectivity index (χ2v) is 4.57. The molecule has 7 N–H and O–H groups in total. The zero-order chi connectivity index (χ0) is 14.5. The number of hydrogen-bond donors (Lipinski definition) is 5. The van der Waals surface area contributed by atoms with Gasteiger partial charge >= 0.3 is 7.82 Å². The molecule has 0 amide bonds. The van der Waals surface area contributed by atoms with Gasteiger partial charge in [-0.1, -0.05) is 36.4 Å². The predicted octanol–water partition coefficient (Wildman–Crippen LogP) is 0.816. The second-order valence-electron chi connectivity index (χ2n) is 3.55. The van der Waals surface area contributed by atoms with E-state index < -0.39 is 7.82 Å². The fourth-order valence-corrected chi connectivity index (χ4v) is 1.44. The van der Waals surface area contributed by atoms with Crippen molar-refractivity contribution < 1.29 is 19.2 Å². The third kappa shape index (κ3) is 5.98. The summed E-state index contributed by atoms with van der Waals surface area (Å²) in [7, 11) is -4.64. The molecule has 0 saturated carbocycles. The van der Waals surface area contributed by atoms with Gasteiger partial charge in [0.1, 0.15) is 0 Å². The van der Waals surface area contributed by atoms with E-state index in [-0.39, 0.29) is 5.96 Å². The summed E-state index contributed by atoms with van der Waals surface area (Å²) < 4.78 is 8.88. The van der Waals surface area contributed by atoms with E-state index in [4.69, 9.17) is 30.7 Å². The van der Waals surface area contributed by atoms with Crippen molar-refractivity contribution in [2.75, 3.05) is 0 Å². The Kier molecular flexibility index (Phi) is 5.02. The van der Waals surface area contributed by atoms with Gasteiger partial charge in [0.05, 0.1) is 5.69 Å². The average Bonchev–Trinajstić information content (AvgIpc) is 2.26. The number of phosphoric acid groups is 1. The summed E-state index contributed by atoms with van der Waals surface area (Å²) in [5.41, 5.74) is 11.5. The maximum absolute atomic E-state index is 8.88. The van der Waals surface area contributed by atoms with Crippen LogP contribution in [0, 0.1) is 0 Å². The summed E-state index contributed by atoms with van der Waals surface area (Å²) in [6, 6.07) is 13.8. The van der Waals surface area contributed by atoms with E-state index in [1.807, 2.05) is 42.5 Å². The topological polar surface area (TPSA) is 142 Å². The van der Waals surface area contributed by atoms with Crippen molar-refractivity contribution in [1.82, 2.24) is 0 Å². The Bertz CT molecular complexity index is 621. The van der Waals surface area contributed by atoms with Gasteiger partial charge in [0, 0.05) is 5.39 Å². The molecule has 0 fully saturated rings. The number of hydrogen-bond acceptors (Lipinski definition) is 2. The second kappa shape index (κ2) is 6.31. The lowest BCUT2D eigenvalue weighted by atomic mass is 10.1. The highest BCUT2D eigenvalue weighted by atomic mass is 31.2. The minimum Gasteiger partial charge on any atom is -0.370 e. The van der Waals surface area contributed by atoms with E-state index >= 15 is 0 Å². The maximum Gasteiger partial charge on any atom is 0.466 e. The monoisotopic (exact) mass is 283 g/mol. The Morgan fingerprint density at radius 2 is 1.53 bits per heavy atom. The van der Waals surface area contributed by atoms with E-state index in [1.165, 1.54) is 0 Å². The lowest BCUT2D eigenvalue weighted by Gasteiger charge is -2.01. The molecule has 0 aromatic heterocycles. The Morgan fingerprint density at radius 3 is 2.11 bits per heavy atom. The number of guanidine groups is 1. The van der Waals surface area contributed by atoms with Crippen molar-refractivity contribution in [1.29, 1.82) is 0 Å². The lowest BCUT2D eigenvalue weighted by molar-refractivity contribution is 0.275.